The van der Waals surface area contributed by atoms with Gasteiger partial charge in [0.05, 0.1) is 16.9 Å². The second-order valence-electron chi connectivity index (χ2n) is 4.29. The number of carbonyl (C=O) groups is 2. The monoisotopic (exact) mass is 269 g/mol. The molecule has 20 heavy (non-hydrogen) atoms. The molecule has 0 bridgehead atoms. The summed E-state index contributed by atoms with van der Waals surface area (Å²) in [5, 5.41) is 2.79. The number of rotatable bonds is 3. The zero-order valence-electron chi connectivity index (χ0n) is 11.3. The molecule has 0 atom stereocenters. The number of aromatic nitrogens is 1. The van der Waals surface area contributed by atoms with Crippen LogP contribution in [0.15, 0.2) is 48.8 Å². The van der Waals surface area contributed by atoms with Crippen molar-refractivity contribution < 1.29 is 9.59 Å². The first kappa shape index (κ1) is 13.7. The molecule has 0 fully saturated rings. The smallest absolute Gasteiger partial charge is 0.257 e. The Kier molecular flexibility index (Phi) is 4.10. The van der Waals surface area contributed by atoms with E-state index in [0.717, 1.165) is 0 Å². The number of pyridine rings is 1. The predicted molar refractivity (Wildman–Crippen MR) is 77.7 cm³/mol. The molecule has 5 nitrogen and oxygen atoms in total. The zero-order valence-corrected chi connectivity index (χ0v) is 11.3. The Labute approximate surface area is 117 Å². The first-order valence-electron chi connectivity index (χ1n) is 6.14. The average molecular weight is 269 g/mol. The highest BCUT2D eigenvalue weighted by Gasteiger charge is 2.13. The largest absolute Gasteiger partial charge is 0.320 e. The molecule has 1 aromatic heterocycles. The van der Waals surface area contributed by atoms with E-state index in [1.54, 1.807) is 43.6 Å². The molecule has 0 saturated heterocycles. The fraction of sp³-hybridized carbons (Fsp3) is 0.133. The van der Waals surface area contributed by atoms with E-state index in [-0.39, 0.29) is 11.8 Å². The number of amides is 2. The molecular formula is C15H15N3O2. The molecule has 1 aromatic carbocycles. The summed E-state index contributed by atoms with van der Waals surface area (Å²) in [6.45, 7) is 1.47. The first-order chi connectivity index (χ1) is 9.59. The fourth-order valence-electron chi connectivity index (χ4n) is 1.73. The number of anilines is 2. The standard InChI is InChI=1S/C15H15N3O2/c1-11(19)18(2)14-8-4-3-7-13(14)17-15(20)12-6-5-9-16-10-12/h3-10H,1-2H3,(H,17,20). The van der Waals surface area contributed by atoms with Gasteiger partial charge in [0.2, 0.25) is 5.91 Å². The van der Waals surface area contributed by atoms with Crippen molar-refractivity contribution in [2.75, 3.05) is 17.3 Å². The number of hydrogen-bond acceptors (Lipinski definition) is 3. The van der Waals surface area contributed by atoms with Crippen molar-refractivity contribution in [2.45, 2.75) is 6.92 Å². The summed E-state index contributed by atoms with van der Waals surface area (Å²) in [6, 6.07) is 10.5. The SMILES string of the molecule is CC(=O)N(C)c1ccccc1NC(=O)c1cccnc1. The van der Waals surface area contributed by atoms with Crippen molar-refractivity contribution in [3.8, 4) is 0 Å². The normalized spacial score (nSPS) is 9.90. The van der Waals surface area contributed by atoms with Gasteiger partial charge in [0.1, 0.15) is 0 Å². The second-order valence-corrected chi connectivity index (χ2v) is 4.29. The van der Waals surface area contributed by atoms with Crippen LogP contribution in [0.1, 0.15) is 17.3 Å². The summed E-state index contributed by atoms with van der Waals surface area (Å²) in [5.41, 5.74) is 1.70. The van der Waals surface area contributed by atoms with Gasteiger partial charge in [-0.15, -0.1) is 0 Å². The summed E-state index contributed by atoms with van der Waals surface area (Å²) in [7, 11) is 1.66. The topological polar surface area (TPSA) is 62.3 Å². The number of para-hydroxylation sites is 2. The highest BCUT2D eigenvalue weighted by Crippen LogP contribution is 2.25. The van der Waals surface area contributed by atoms with E-state index in [9.17, 15) is 9.59 Å². The van der Waals surface area contributed by atoms with Crippen LogP contribution in [0.25, 0.3) is 0 Å². The van der Waals surface area contributed by atoms with Crippen molar-refractivity contribution in [2.24, 2.45) is 0 Å². The summed E-state index contributed by atoms with van der Waals surface area (Å²) in [4.78, 5) is 29.0. The maximum Gasteiger partial charge on any atom is 0.257 e. The number of carbonyl (C=O) groups excluding carboxylic acids is 2. The van der Waals surface area contributed by atoms with Crippen molar-refractivity contribution in [3.05, 3.63) is 54.4 Å². The molecule has 5 heteroatoms. The Morgan fingerprint density at radius 2 is 1.90 bits per heavy atom. The molecule has 0 aliphatic rings. The summed E-state index contributed by atoms with van der Waals surface area (Å²) >= 11 is 0. The van der Waals surface area contributed by atoms with E-state index in [1.807, 2.05) is 6.07 Å². The van der Waals surface area contributed by atoms with Crippen LogP contribution in [0.4, 0.5) is 11.4 Å². The van der Waals surface area contributed by atoms with Crippen molar-refractivity contribution in [1.29, 1.82) is 0 Å². The summed E-state index contributed by atoms with van der Waals surface area (Å²) in [5.74, 6) is -0.365. The quantitative estimate of drug-likeness (QED) is 0.930. The third-order valence-corrected chi connectivity index (χ3v) is 2.91. The van der Waals surface area contributed by atoms with Gasteiger partial charge in [-0.3, -0.25) is 14.6 Å². The third-order valence-electron chi connectivity index (χ3n) is 2.91. The molecule has 2 amide bonds. The first-order valence-corrected chi connectivity index (χ1v) is 6.14. The zero-order chi connectivity index (χ0) is 14.5. The maximum absolute atomic E-state index is 12.1. The van der Waals surface area contributed by atoms with Crippen molar-refractivity contribution in [1.82, 2.24) is 4.98 Å². The van der Waals surface area contributed by atoms with Crippen LogP contribution >= 0.6 is 0 Å². The van der Waals surface area contributed by atoms with Crippen LogP contribution in [-0.4, -0.2) is 23.8 Å². The van der Waals surface area contributed by atoms with Crippen LogP contribution in [0.3, 0.4) is 0 Å². The highest BCUT2D eigenvalue weighted by atomic mass is 16.2. The molecule has 1 N–H and O–H groups in total. The Morgan fingerprint density at radius 3 is 2.55 bits per heavy atom. The number of hydrogen-bond donors (Lipinski definition) is 1. The minimum Gasteiger partial charge on any atom is -0.320 e. The van der Waals surface area contributed by atoms with Gasteiger partial charge in [-0.25, -0.2) is 0 Å². The molecule has 0 aliphatic carbocycles. The van der Waals surface area contributed by atoms with Crippen LogP contribution < -0.4 is 10.2 Å². The Bertz CT molecular complexity index is 626. The van der Waals surface area contributed by atoms with Crippen LogP contribution in [0.2, 0.25) is 0 Å². The van der Waals surface area contributed by atoms with E-state index >= 15 is 0 Å². The predicted octanol–water partition coefficient (Wildman–Crippen LogP) is 2.32. The maximum atomic E-state index is 12.1. The Morgan fingerprint density at radius 1 is 1.15 bits per heavy atom. The molecule has 0 unspecified atom stereocenters. The van der Waals surface area contributed by atoms with Crippen molar-refractivity contribution >= 4 is 23.2 Å². The fourth-order valence-corrected chi connectivity index (χ4v) is 1.73. The van der Waals surface area contributed by atoms with Gasteiger partial charge in [0.15, 0.2) is 0 Å². The molecule has 102 valence electrons. The Hall–Kier alpha value is -2.69. The second kappa shape index (κ2) is 5.97. The molecule has 0 aliphatic heterocycles. The molecule has 2 aromatic rings. The van der Waals surface area contributed by atoms with Crippen LogP contribution in [0.5, 0.6) is 0 Å². The van der Waals surface area contributed by atoms with Gasteiger partial charge in [0, 0.05) is 26.4 Å². The van der Waals surface area contributed by atoms with Gasteiger partial charge in [0.25, 0.3) is 5.91 Å². The summed E-state index contributed by atoms with van der Waals surface area (Å²) in [6.07, 6.45) is 3.10. The van der Waals surface area contributed by atoms with Crippen LogP contribution in [0, 0.1) is 0 Å². The van der Waals surface area contributed by atoms with E-state index in [2.05, 4.69) is 10.3 Å². The minimum atomic E-state index is -0.262. The third kappa shape index (κ3) is 3.00. The average Bonchev–Trinajstić information content (AvgIpc) is 2.48. The van der Waals surface area contributed by atoms with Gasteiger partial charge < -0.3 is 10.2 Å². The number of benzene rings is 1. The lowest BCUT2D eigenvalue weighted by Gasteiger charge is -2.19. The van der Waals surface area contributed by atoms with Crippen LogP contribution in [-0.2, 0) is 4.79 Å². The number of nitrogens with zero attached hydrogens (tertiary/aromatic N) is 2. The lowest BCUT2D eigenvalue weighted by molar-refractivity contribution is -0.116. The van der Waals surface area contributed by atoms with Gasteiger partial charge in [-0.2, -0.15) is 0 Å². The van der Waals surface area contributed by atoms with E-state index < -0.39 is 0 Å². The van der Waals surface area contributed by atoms with E-state index in [1.165, 1.54) is 18.0 Å². The summed E-state index contributed by atoms with van der Waals surface area (Å²) < 4.78 is 0. The lowest BCUT2D eigenvalue weighted by atomic mass is 10.2. The molecule has 0 saturated carbocycles. The molecule has 0 spiro atoms. The highest BCUT2D eigenvalue weighted by molar-refractivity contribution is 6.07. The van der Waals surface area contributed by atoms with Crippen molar-refractivity contribution in [3.63, 3.8) is 0 Å². The van der Waals surface area contributed by atoms with Gasteiger partial charge >= 0.3 is 0 Å². The minimum absolute atomic E-state index is 0.104. The van der Waals surface area contributed by atoms with E-state index in [4.69, 9.17) is 0 Å². The molecule has 0 radical (unpaired) electrons. The molecule has 1 heterocycles. The molecule has 2 rings (SSSR count). The number of nitrogens with one attached hydrogen (secondary N) is 1. The lowest BCUT2D eigenvalue weighted by Crippen LogP contribution is -2.24. The van der Waals surface area contributed by atoms with E-state index in [0.29, 0.717) is 16.9 Å². The van der Waals surface area contributed by atoms with Gasteiger partial charge in [-0.1, -0.05) is 12.1 Å². The Balaban J connectivity index is 2.26. The molecular weight excluding hydrogens is 254 g/mol. The van der Waals surface area contributed by atoms with Gasteiger partial charge in [-0.05, 0) is 24.3 Å².